The van der Waals surface area contributed by atoms with Crippen LogP contribution in [0.3, 0.4) is 0 Å². The minimum absolute atomic E-state index is 0.165. The average molecular weight is 497 g/mol. The lowest BCUT2D eigenvalue weighted by molar-refractivity contribution is -0.137. The Balaban J connectivity index is 1.75. The lowest BCUT2D eigenvalue weighted by Crippen LogP contribution is -2.45. The number of nitrogens with zero attached hydrogens (tertiary/aromatic N) is 3. The second kappa shape index (κ2) is 10.5. The van der Waals surface area contributed by atoms with E-state index in [4.69, 9.17) is 4.74 Å². The third-order valence-corrected chi connectivity index (χ3v) is 6.20. The standard InChI is InChI=1S/C27H27F3N4O2/c1-26(17-19-7-4-3-5-8-19,25(35)32-14-6-16-36-2)23-13-15-31-24-22(18-33-34(23)24)20-9-11-21(12-10-20)27(28,29)30/h3-5,7-13,15,18H,6,14,16-17H2,1-2H3,(H,32,35). The van der Waals surface area contributed by atoms with E-state index >= 15 is 0 Å². The summed E-state index contributed by atoms with van der Waals surface area (Å²) in [5, 5.41) is 7.51. The zero-order valence-corrected chi connectivity index (χ0v) is 20.0. The number of amides is 1. The minimum Gasteiger partial charge on any atom is -0.385 e. The van der Waals surface area contributed by atoms with Crippen LogP contribution in [0.2, 0.25) is 0 Å². The number of nitrogens with one attached hydrogen (secondary N) is 1. The van der Waals surface area contributed by atoms with E-state index < -0.39 is 17.2 Å². The van der Waals surface area contributed by atoms with E-state index in [9.17, 15) is 18.0 Å². The first-order valence-corrected chi connectivity index (χ1v) is 11.6. The van der Waals surface area contributed by atoms with Crippen molar-refractivity contribution in [2.24, 2.45) is 0 Å². The lowest BCUT2D eigenvalue weighted by Gasteiger charge is -2.29. The molecule has 4 aromatic rings. The summed E-state index contributed by atoms with van der Waals surface area (Å²) in [6.07, 6.45) is -0.163. The molecule has 2 aromatic heterocycles. The molecule has 1 amide bonds. The normalized spacial score (nSPS) is 13.5. The number of aromatic nitrogens is 3. The molecule has 188 valence electrons. The third kappa shape index (κ3) is 5.26. The monoisotopic (exact) mass is 496 g/mol. The summed E-state index contributed by atoms with van der Waals surface area (Å²) in [7, 11) is 1.61. The minimum atomic E-state index is -4.42. The lowest BCUT2D eigenvalue weighted by atomic mass is 9.79. The Bertz CT molecular complexity index is 1320. The van der Waals surface area contributed by atoms with Crippen molar-refractivity contribution in [1.82, 2.24) is 19.9 Å². The number of benzene rings is 2. The van der Waals surface area contributed by atoms with Crippen LogP contribution < -0.4 is 5.32 Å². The Morgan fingerprint density at radius 3 is 2.44 bits per heavy atom. The quantitative estimate of drug-likeness (QED) is 0.329. The highest BCUT2D eigenvalue weighted by molar-refractivity contribution is 5.88. The smallest absolute Gasteiger partial charge is 0.385 e. The van der Waals surface area contributed by atoms with Crippen molar-refractivity contribution in [3.63, 3.8) is 0 Å². The average Bonchev–Trinajstić information content (AvgIpc) is 3.31. The number of methoxy groups -OCH3 is 1. The van der Waals surface area contributed by atoms with Gasteiger partial charge in [0.2, 0.25) is 5.91 Å². The van der Waals surface area contributed by atoms with Crippen LogP contribution in [0.1, 0.15) is 30.2 Å². The molecule has 36 heavy (non-hydrogen) atoms. The van der Waals surface area contributed by atoms with Crippen molar-refractivity contribution < 1.29 is 22.7 Å². The fraction of sp³-hybridized carbons (Fsp3) is 0.296. The van der Waals surface area contributed by atoms with Crippen LogP contribution in [-0.2, 0) is 27.5 Å². The molecule has 1 N–H and O–H groups in total. The maximum absolute atomic E-state index is 13.6. The van der Waals surface area contributed by atoms with Gasteiger partial charge in [-0.15, -0.1) is 0 Å². The molecule has 0 bridgehead atoms. The highest BCUT2D eigenvalue weighted by atomic mass is 19.4. The molecule has 4 rings (SSSR count). The Morgan fingerprint density at radius 1 is 1.06 bits per heavy atom. The molecular formula is C27H27F3N4O2. The summed E-state index contributed by atoms with van der Waals surface area (Å²) in [5.74, 6) is -0.165. The summed E-state index contributed by atoms with van der Waals surface area (Å²) in [4.78, 5) is 18.0. The molecule has 2 heterocycles. The Kier molecular flexibility index (Phi) is 7.40. The maximum Gasteiger partial charge on any atom is 0.416 e. The predicted molar refractivity (Wildman–Crippen MR) is 130 cm³/mol. The number of halogens is 3. The Labute approximate surface area is 207 Å². The van der Waals surface area contributed by atoms with Crippen LogP contribution in [0.4, 0.5) is 13.2 Å². The molecule has 0 spiro atoms. The van der Waals surface area contributed by atoms with Gasteiger partial charge in [0.25, 0.3) is 0 Å². The van der Waals surface area contributed by atoms with Crippen LogP contribution in [0.15, 0.2) is 73.1 Å². The van der Waals surface area contributed by atoms with E-state index in [0.29, 0.717) is 48.5 Å². The van der Waals surface area contributed by atoms with E-state index in [-0.39, 0.29) is 5.91 Å². The summed E-state index contributed by atoms with van der Waals surface area (Å²) >= 11 is 0. The maximum atomic E-state index is 13.6. The number of hydrogen-bond donors (Lipinski definition) is 1. The molecule has 2 aromatic carbocycles. The second-order valence-electron chi connectivity index (χ2n) is 8.80. The first-order valence-electron chi connectivity index (χ1n) is 11.6. The molecule has 0 fully saturated rings. The number of carbonyl (C=O) groups is 1. The third-order valence-electron chi connectivity index (χ3n) is 6.20. The van der Waals surface area contributed by atoms with E-state index in [1.807, 2.05) is 37.3 Å². The van der Waals surface area contributed by atoms with E-state index in [2.05, 4.69) is 15.4 Å². The van der Waals surface area contributed by atoms with Crippen molar-refractivity contribution in [3.8, 4) is 11.1 Å². The Morgan fingerprint density at radius 2 is 1.78 bits per heavy atom. The molecule has 6 nitrogen and oxygen atoms in total. The van der Waals surface area contributed by atoms with Gasteiger partial charge in [0.1, 0.15) is 0 Å². The first-order chi connectivity index (χ1) is 17.2. The number of alkyl halides is 3. The molecule has 0 saturated heterocycles. The fourth-order valence-corrected chi connectivity index (χ4v) is 4.26. The number of rotatable bonds is 9. The van der Waals surface area contributed by atoms with Gasteiger partial charge in [0.15, 0.2) is 5.65 Å². The van der Waals surface area contributed by atoms with Gasteiger partial charge in [0, 0.05) is 32.0 Å². The van der Waals surface area contributed by atoms with Gasteiger partial charge in [-0.05, 0) is 49.1 Å². The van der Waals surface area contributed by atoms with Gasteiger partial charge in [-0.2, -0.15) is 18.3 Å². The highest BCUT2D eigenvalue weighted by Crippen LogP contribution is 2.34. The van der Waals surface area contributed by atoms with Gasteiger partial charge in [0.05, 0.1) is 22.9 Å². The SMILES string of the molecule is COCCCNC(=O)C(C)(Cc1ccccc1)c1ccnc2c(-c3ccc(C(F)(F)F)cc3)cnn12. The van der Waals surface area contributed by atoms with Crippen molar-refractivity contribution in [2.45, 2.75) is 31.4 Å². The van der Waals surface area contributed by atoms with E-state index in [1.165, 1.54) is 12.1 Å². The predicted octanol–water partition coefficient (Wildman–Crippen LogP) is 5.07. The molecule has 0 aliphatic rings. The van der Waals surface area contributed by atoms with Gasteiger partial charge in [-0.25, -0.2) is 9.50 Å². The molecule has 1 unspecified atom stereocenters. The number of carbonyl (C=O) groups excluding carboxylic acids is 1. The highest BCUT2D eigenvalue weighted by Gasteiger charge is 2.38. The van der Waals surface area contributed by atoms with Gasteiger partial charge in [-0.3, -0.25) is 4.79 Å². The van der Waals surface area contributed by atoms with Crippen molar-refractivity contribution in [2.75, 3.05) is 20.3 Å². The van der Waals surface area contributed by atoms with Crippen LogP contribution in [0.5, 0.6) is 0 Å². The van der Waals surface area contributed by atoms with Gasteiger partial charge < -0.3 is 10.1 Å². The van der Waals surface area contributed by atoms with Gasteiger partial charge >= 0.3 is 6.18 Å². The number of ether oxygens (including phenoxy) is 1. The summed E-state index contributed by atoms with van der Waals surface area (Å²) in [6, 6.07) is 16.3. The van der Waals surface area contributed by atoms with Crippen molar-refractivity contribution >= 4 is 11.6 Å². The Hall–Kier alpha value is -3.72. The van der Waals surface area contributed by atoms with E-state index in [0.717, 1.165) is 17.7 Å². The molecule has 1 atom stereocenters. The molecule has 0 aliphatic heterocycles. The topological polar surface area (TPSA) is 68.5 Å². The van der Waals surface area contributed by atoms with Crippen LogP contribution in [0.25, 0.3) is 16.8 Å². The molecular weight excluding hydrogens is 469 g/mol. The number of hydrogen-bond acceptors (Lipinski definition) is 4. The van der Waals surface area contributed by atoms with Crippen molar-refractivity contribution in [1.29, 1.82) is 0 Å². The van der Waals surface area contributed by atoms with Crippen molar-refractivity contribution in [3.05, 3.63) is 89.9 Å². The summed E-state index contributed by atoms with van der Waals surface area (Å²) in [6.45, 7) is 2.85. The molecule has 9 heteroatoms. The zero-order valence-electron chi connectivity index (χ0n) is 20.0. The first kappa shape index (κ1) is 25.4. The van der Waals surface area contributed by atoms with E-state index in [1.54, 1.807) is 30.1 Å². The molecule has 0 radical (unpaired) electrons. The molecule has 0 aliphatic carbocycles. The van der Waals surface area contributed by atoms with Crippen LogP contribution in [-0.4, -0.2) is 40.8 Å². The molecule has 0 saturated carbocycles. The van der Waals surface area contributed by atoms with Crippen LogP contribution in [0, 0.1) is 0 Å². The summed E-state index contributed by atoms with van der Waals surface area (Å²) in [5.41, 5.74) is 1.46. The second-order valence-corrected chi connectivity index (χ2v) is 8.80. The fourth-order valence-electron chi connectivity index (χ4n) is 4.26. The number of fused-ring (bicyclic) bond motifs is 1. The zero-order chi connectivity index (χ0) is 25.8. The van der Waals surface area contributed by atoms with Crippen LogP contribution >= 0.6 is 0 Å². The summed E-state index contributed by atoms with van der Waals surface area (Å²) < 4.78 is 45.7. The largest absolute Gasteiger partial charge is 0.416 e. The van der Waals surface area contributed by atoms with Gasteiger partial charge in [-0.1, -0.05) is 42.5 Å².